The zero-order valence-electron chi connectivity index (χ0n) is 36.5. The summed E-state index contributed by atoms with van der Waals surface area (Å²) in [6.45, 7) is 6.45. The number of amides is 3. The van der Waals surface area contributed by atoms with Gasteiger partial charge in [0.25, 0.3) is 11.5 Å². The molecule has 3 N–H and O–H groups in total. The summed E-state index contributed by atoms with van der Waals surface area (Å²) in [5.74, 6) is -0.820. The number of carbonyl (C=O) groups is 4. The normalized spacial score (nSPS) is 23.4. The van der Waals surface area contributed by atoms with Crippen LogP contribution in [0.1, 0.15) is 93.1 Å². The Morgan fingerprint density at radius 3 is 2.44 bits per heavy atom. The number of ether oxygens (including phenoxy) is 1. The highest BCUT2D eigenvalue weighted by Crippen LogP contribution is 2.53. The molecule has 0 radical (unpaired) electrons. The maximum Gasteiger partial charge on any atom is 0.323 e. The number of esters is 1. The Bertz CT molecular complexity index is 2480. The van der Waals surface area contributed by atoms with E-state index in [2.05, 4.69) is 20.8 Å². The molecule has 63 heavy (non-hydrogen) atoms. The van der Waals surface area contributed by atoms with E-state index in [9.17, 15) is 28.5 Å². The lowest BCUT2D eigenvalue weighted by Gasteiger charge is -2.40. The highest BCUT2D eigenvalue weighted by Gasteiger charge is 2.56. The largest absolute Gasteiger partial charge is 0.465 e. The van der Waals surface area contributed by atoms with Gasteiger partial charge < -0.3 is 28.9 Å². The van der Waals surface area contributed by atoms with Gasteiger partial charge >= 0.3 is 13.5 Å². The number of benzene rings is 3. The number of carbonyl (C=O) groups excluding carboxylic acids is 4. The molecule has 3 aliphatic heterocycles. The molecule has 4 fully saturated rings. The SMILES string of the molecule is CCCOC(=O)[C@H](C)NP(=O)(Cc1ccc2ccc(C(=O)N[C@H]3CN(C(C)=O)CC[C@H]4CC[C@@H](NN5CC(c6ccn(C)c(=O)c6)CC56CC6)N4C3=O)cc2c1)Oc1ccccc1. The van der Waals surface area contributed by atoms with E-state index in [-0.39, 0.29) is 60.4 Å². The van der Waals surface area contributed by atoms with Gasteiger partial charge in [-0.05, 0) is 104 Å². The van der Waals surface area contributed by atoms with E-state index in [4.69, 9.17) is 9.26 Å². The van der Waals surface area contributed by atoms with Gasteiger partial charge in [0.15, 0.2) is 0 Å². The van der Waals surface area contributed by atoms with Crippen molar-refractivity contribution in [3.05, 3.63) is 112 Å². The molecule has 0 bridgehead atoms. The molecule has 6 atom stereocenters. The van der Waals surface area contributed by atoms with Gasteiger partial charge in [-0.2, -0.15) is 0 Å². The second-order valence-corrected chi connectivity index (χ2v) is 19.8. The van der Waals surface area contributed by atoms with Crippen LogP contribution in [-0.4, -0.2) is 99.1 Å². The van der Waals surface area contributed by atoms with Crippen molar-refractivity contribution in [2.45, 2.75) is 108 Å². The number of aryl methyl sites for hydroxylation is 1. The first-order chi connectivity index (χ1) is 30.2. The van der Waals surface area contributed by atoms with Gasteiger partial charge in [0.05, 0.1) is 18.9 Å². The van der Waals surface area contributed by atoms with Gasteiger partial charge in [-0.25, -0.2) is 15.5 Å². The van der Waals surface area contributed by atoms with Crippen LogP contribution < -0.4 is 25.9 Å². The number of hydrazine groups is 1. The van der Waals surface area contributed by atoms with Gasteiger partial charge in [-0.3, -0.25) is 28.5 Å². The molecule has 3 amide bonds. The van der Waals surface area contributed by atoms with Crippen LogP contribution in [0.2, 0.25) is 0 Å². The highest BCUT2D eigenvalue weighted by atomic mass is 31.2. The van der Waals surface area contributed by atoms with Gasteiger partial charge in [0.2, 0.25) is 11.8 Å². The molecule has 3 aromatic carbocycles. The average molecular weight is 880 g/mol. The maximum atomic E-state index is 14.7. The molecule has 1 saturated carbocycles. The monoisotopic (exact) mass is 879 g/mol. The molecule has 1 aliphatic carbocycles. The fourth-order valence-corrected chi connectivity index (χ4v) is 11.5. The van der Waals surface area contributed by atoms with Gasteiger partial charge in [-0.1, -0.05) is 49.4 Å². The van der Waals surface area contributed by atoms with E-state index < -0.39 is 31.5 Å². The Balaban J connectivity index is 0.998. The van der Waals surface area contributed by atoms with Gasteiger partial charge in [0.1, 0.15) is 17.8 Å². The van der Waals surface area contributed by atoms with Crippen LogP contribution in [0.25, 0.3) is 10.8 Å². The zero-order chi connectivity index (χ0) is 44.5. The molecule has 4 aromatic rings. The molecule has 8 rings (SSSR count). The third-order valence-corrected chi connectivity index (χ3v) is 15.1. The second kappa shape index (κ2) is 18.4. The fourth-order valence-electron chi connectivity index (χ4n) is 9.42. The molecule has 16 heteroatoms. The number of aromatic nitrogens is 1. The Labute approximate surface area is 367 Å². The third-order valence-electron chi connectivity index (χ3n) is 13.0. The summed E-state index contributed by atoms with van der Waals surface area (Å²) >= 11 is 0. The minimum Gasteiger partial charge on any atom is -0.465 e. The number of hydrogen-bond acceptors (Lipinski definition) is 10. The Hall–Kier alpha value is -5.34. The summed E-state index contributed by atoms with van der Waals surface area (Å²) in [4.78, 5) is 70.5. The molecule has 4 aliphatic rings. The van der Waals surface area contributed by atoms with E-state index in [1.54, 1.807) is 65.9 Å². The first-order valence-electron chi connectivity index (χ1n) is 22.1. The Morgan fingerprint density at radius 2 is 1.71 bits per heavy atom. The van der Waals surface area contributed by atoms with Crippen molar-refractivity contribution < 1.29 is 33.0 Å². The van der Waals surface area contributed by atoms with Crippen LogP contribution in [0.3, 0.4) is 0 Å². The van der Waals surface area contributed by atoms with E-state index in [1.165, 1.54) is 6.92 Å². The quantitative estimate of drug-likeness (QED) is 0.109. The first kappa shape index (κ1) is 44.3. The number of fused-ring (bicyclic) bond motifs is 2. The summed E-state index contributed by atoms with van der Waals surface area (Å²) < 4.78 is 27.4. The van der Waals surface area contributed by atoms with Crippen LogP contribution >= 0.6 is 7.52 Å². The zero-order valence-corrected chi connectivity index (χ0v) is 37.4. The van der Waals surface area contributed by atoms with Crippen molar-refractivity contribution in [1.29, 1.82) is 0 Å². The summed E-state index contributed by atoms with van der Waals surface area (Å²) in [5, 5.41) is 9.77. The summed E-state index contributed by atoms with van der Waals surface area (Å²) in [6.07, 6.45) is 7.27. The van der Waals surface area contributed by atoms with Gasteiger partial charge in [-0.15, -0.1) is 0 Å². The molecular formula is C47H58N7O8P. The average Bonchev–Trinajstić information content (AvgIpc) is 3.80. The lowest BCUT2D eigenvalue weighted by Crippen LogP contribution is -2.63. The minimum atomic E-state index is -3.74. The number of rotatable bonds is 14. The van der Waals surface area contributed by atoms with Crippen molar-refractivity contribution in [2.75, 3.05) is 26.2 Å². The molecule has 4 heterocycles. The molecular weight excluding hydrogens is 822 g/mol. The second-order valence-electron chi connectivity index (χ2n) is 17.7. The molecule has 1 spiro atoms. The predicted octanol–water partition coefficient (Wildman–Crippen LogP) is 5.44. The van der Waals surface area contributed by atoms with Crippen LogP contribution in [0.4, 0.5) is 0 Å². The molecule has 15 nitrogen and oxygen atoms in total. The van der Waals surface area contributed by atoms with E-state index in [0.717, 1.165) is 49.6 Å². The van der Waals surface area contributed by atoms with E-state index in [0.29, 0.717) is 41.6 Å². The van der Waals surface area contributed by atoms with Gasteiger partial charge in [0, 0.05) is 68.9 Å². The molecule has 2 unspecified atom stereocenters. The van der Waals surface area contributed by atoms with Crippen molar-refractivity contribution in [1.82, 2.24) is 35.2 Å². The number of nitrogens with one attached hydrogen (secondary N) is 3. The summed E-state index contributed by atoms with van der Waals surface area (Å²) in [5.41, 5.74) is 5.71. The fraction of sp³-hybridized carbons (Fsp3) is 0.468. The molecule has 334 valence electrons. The van der Waals surface area contributed by atoms with Crippen LogP contribution in [-0.2, 0) is 36.9 Å². The van der Waals surface area contributed by atoms with Crippen LogP contribution in [0, 0.1) is 0 Å². The number of para-hydroxylation sites is 1. The Kier molecular flexibility index (Phi) is 12.9. The maximum absolute atomic E-state index is 14.7. The third kappa shape index (κ3) is 9.92. The lowest BCUT2D eigenvalue weighted by atomic mass is 9.96. The Morgan fingerprint density at radius 1 is 0.937 bits per heavy atom. The first-order valence-corrected chi connectivity index (χ1v) is 23.9. The van der Waals surface area contributed by atoms with Crippen molar-refractivity contribution in [2.24, 2.45) is 7.05 Å². The number of pyridine rings is 1. The van der Waals surface area contributed by atoms with E-state index in [1.807, 2.05) is 54.4 Å². The van der Waals surface area contributed by atoms with Crippen molar-refractivity contribution in [3.63, 3.8) is 0 Å². The summed E-state index contributed by atoms with van der Waals surface area (Å²) in [7, 11) is -1.99. The number of nitrogens with zero attached hydrogens (tertiary/aromatic N) is 4. The number of hydrogen-bond donors (Lipinski definition) is 3. The standard InChI is InChI=1S/C47H58N7O8P/c1-5-23-61-46(59)31(2)50-63(60,62-40-9-7-6-8-10-40)30-33-11-12-34-13-14-36(25-37(34)24-33)44(57)48-41-29-52(32(3)55)22-18-39-15-16-42(54(39)45(41)58)49-53-28-38(27-47(53)19-20-47)35-17-21-51(4)43(56)26-35/h6-14,17,21,24-26,31,38-39,41-42,49H,5,15-16,18-20,22-23,27-30H2,1-4H3,(H,48,57)(H,50,60)/t31-,38?,39+,41-,42-,63?/m0/s1. The van der Waals surface area contributed by atoms with Crippen molar-refractivity contribution >= 4 is 42.0 Å². The smallest absolute Gasteiger partial charge is 0.323 e. The van der Waals surface area contributed by atoms with Crippen molar-refractivity contribution in [3.8, 4) is 5.75 Å². The minimum absolute atomic E-state index is 0.0202. The van der Waals surface area contributed by atoms with Crippen LogP contribution in [0.5, 0.6) is 5.75 Å². The summed E-state index contributed by atoms with van der Waals surface area (Å²) in [6, 6.07) is 21.3. The van der Waals surface area contributed by atoms with E-state index >= 15 is 0 Å². The molecule has 3 saturated heterocycles. The van der Waals surface area contributed by atoms with Crippen LogP contribution in [0.15, 0.2) is 89.9 Å². The highest BCUT2D eigenvalue weighted by molar-refractivity contribution is 7.56. The lowest BCUT2D eigenvalue weighted by molar-refractivity contribution is -0.145. The topological polar surface area (TPSA) is 172 Å². The molecule has 1 aromatic heterocycles. The predicted molar refractivity (Wildman–Crippen MR) is 239 cm³/mol.